The van der Waals surface area contributed by atoms with Crippen molar-refractivity contribution in [3.8, 4) is 0 Å². The van der Waals surface area contributed by atoms with Crippen LogP contribution in [0.3, 0.4) is 0 Å². The van der Waals surface area contributed by atoms with Gasteiger partial charge in [0, 0.05) is 12.3 Å². The van der Waals surface area contributed by atoms with Gasteiger partial charge in [0.1, 0.15) is 6.61 Å². The molecule has 4 heteroatoms. The molecule has 4 nitrogen and oxygen atoms in total. The molecule has 0 bridgehead atoms. The summed E-state index contributed by atoms with van der Waals surface area (Å²) in [6.07, 6.45) is 1.40. The Bertz CT molecular complexity index is 511. The van der Waals surface area contributed by atoms with Crippen molar-refractivity contribution < 1.29 is 14.3 Å². The van der Waals surface area contributed by atoms with Gasteiger partial charge in [-0.05, 0) is 17.4 Å². The number of nitrogens with two attached hydrogens (primary N) is 1. The van der Waals surface area contributed by atoms with E-state index in [9.17, 15) is 9.59 Å². The number of hydrogen-bond donors (Lipinski definition) is 1. The molecule has 1 rings (SSSR count). The van der Waals surface area contributed by atoms with E-state index in [2.05, 4.69) is 20.8 Å². The van der Waals surface area contributed by atoms with Crippen molar-refractivity contribution in [2.24, 2.45) is 17.1 Å². The van der Waals surface area contributed by atoms with Crippen LogP contribution in [0.15, 0.2) is 30.3 Å². The van der Waals surface area contributed by atoms with Crippen LogP contribution in [0.4, 0.5) is 0 Å². The van der Waals surface area contributed by atoms with E-state index < -0.39 is 6.04 Å². The lowest BCUT2D eigenvalue weighted by atomic mass is 9.74. The molecule has 128 valence electrons. The second-order valence-corrected chi connectivity index (χ2v) is 6.76. The molecule has 1 aromatic carbocycles. The van der Waals surface area contributed by atoms with Gasteiger partial charge in [-0.2, -0.15) is 0 Å². The Morgan fingerprint density at radius 3 is 2.39 bits per heavy atom. The summed E-state index contributed by atoms with van der Waals surface area (Å²) in [5, 5.41) is 0. The lowest BCUT2D eigenvalue weighted by Gasteiger charge is -2.31. The summed E-state index contributed by atoms with van der Waals surface area (Å²) in [5.41, 5.74) is 6.83. The smallest absolute Gasteiger partial charge is 0.306 e. The van der Waals surface area contributed by atoms with Crippen molar-refractivity contribution in [1.82, 2.24) is 0 Å². The van der Waals surface area contributed by atoms with Crippen molar-refractivity contribution in [1.29, 1.82) is 0 Å². The number of carbonyl (C=O) groups is 2. The van der Waals surface area contributed by atoms with E-state index in [1.807, 2.05) is 37.3 Å². The number of rotatable bonds is 9. The molecule has 0 heterocycles. The Hall–Kier alpha value is -1.68. The Balaban J connectivity index is 2.38. The molecule has 0 saturated carbocycles. The zero-order chi connectivity index (χ0) is 17.5. The predicted molar refractivity (Wildman–Crippen MR) is 91.7 cm³/mol. The van der Waals surface area contributed by atoms with Gasteiger partial charge in [0.05, 0.1) is 6.04 Å². The first-order valence-corrected chi connectivity index (χ1v) is 8.26. The van der Waals surface area contributed by atoms with Gasteiger partial charge >= 0.3 is 5.97 Å². The summed E-state index contributed by atoms with van der Waals surface area (Å²) in [7, 11) is 0. The zero-order valence-electron chi connectivity index (χ0n) is 14.7. The third kappa shape index (κ3) is 6.14. The predicted octanol–water partition coefficient (Wildman–Crippen LogP) is 3.48. The maximum atomic E-state index is 12.4. The van der Waals surface area contributed by atoms with Crippen molar-refractivity contribution >= 4 is 11.8 Å². The molecule has 0 aliphatic rings. The number of carbonyl (C=O) groups excluding carboxylic acids is 2. The highest BCUT2D eigenvalue weighted by molar-refractivity contribution is 5.86. The topological polar surface area (TPSA) is 69.4 Å². The van der Waals surface area contributed by atoms with Gasteiger partial charge < -0.3 is 10.5 Å². The van der Waals surface area contributed by atoms with Gasteiger partial charge in [-0.15, -0.1) is 0 Å². The summed E-state index contributed by atoms with van der Waals surface area (Å²) in [4.78, 5) is 24.1. The highest BCUT2D eigenvalue weighted by Gasteiger charge is 2.32. The average molecular weight is 319 g/mol. The standard InChI is InChI=1S/C19H29NO3/c1-5-19(3,4)14(2)18(22)16(20)11-12-17(21)23-13-15-9-7-6-8-10-15/h6-10,14,16H,5,11-13,20H2,1-4H3/t14?,16-/m1/s1. The summed E-state index contributed by atoms with van der Waals surface area (Å²) >= 11 is 0. The normalized spacial score (nSPS) is 14.1. The molecule has 2 N–H and O–H groups in total. The molecule has 0 amide bonds. The summed E-state index contributed by atoms with van der Waals surface area (Å²) in [5.74, 6) is -0.421. The Morgan fingerprint density at radius 2 is 1.83 bits per heavy atom. The number of benzene rings is 1. The molecule has 2 atom stereocenters. The van der Waals surface area contributed by atoms with Crippen molar-refractivity contribution in [3.63, 3.8) is 0 Å². The van der Waals surface area contributed by atoms with Gasteiger partial charge in [0.15, 0.2) is 5.78 Å². The number of ether oxygens (including phenoxy) is 1. The number of hydrogen-bond acceptors (Lipinski definition) is 4. The number of ketones is 1. The first-order chi connectivity index (χ1) is 10.8. The second kappa shape index (κ2) is 8.82. The molecule has 23 heavy (non-hydrogen) atoms. The monoisotopic (exact) mass is 319 g/mol. The van der Waals surface area contributed by atoms with Crippen LogP contribution >= 0.6 is 0 Å². The van der Waals surface area contributed by atoms with Crippen LogP contribution in [0, 0.1) is 11.3 Å². The minimum absolute atomic E-state index is 0.0210. The van der Waals surface area contributed by atoms with E-state index in [4.69, 9.17) is 10.5 Å². The molecule has 1 unspecified atom stereocenters. The fourth-order valence-electron chi connectivity index (χ4n) is 2.24. The molecule has 0 aliphatic carbocycles. The molecular formula is C19H29NO3. The zero-order valence-corrected chi connectivity index (χ0v) is 14.7. The van der Waals surface area contributed by atoms with E-state index in [0.29, 0.717) is 6.42 Å². The van der Waals surface area contributed by atoms with Crippen LogP contribution in [-0.4, -0.2) is 17.8 Å². The van der Waals surface area contributed by atoms with Gasteiger partial charge in [0.25, 0.3) is 0 Å². The molecule has 0 radical (unpaired) electrons. The quantitative estimate of drug-likeness (QED) is 0.708. The fourth-order valence-corrected chi connectivity index (χ4v) is 2.24. The summed E-state index contributed by atoms with van der Waals surface area (Å²) in [6.45, 7) is 8.37. The Kier molecular flexibility index (Phi) is 7.43. The molecule has 0 aliphatic heterocycles. The van der Waals surface area contributed by atoms with Crippen LogP contribution in [0.5, 0.6) is 0 Å². The lowest BCUT2D eigenvalue weighted by molar-refractivity contribution is -0.145. The maximum absolute atomic E-state index is 12.4. The van der Waals surface area contributed by atoms with Crippen LogP contribution < -0.4 is 5.73 Å². The van der Waals surface area contributed by atoms with E-state index in [1.54, 1.807) is 0 Å². The van der Waals surface area contributed by atoms with E-state index in [1.165, 1.54) is 0 Å². The van der Waals surface area contributed by atoms with Gasteiger partial charge in [-0.1, -0.05) is 64.4 Å². The van der Waals surface area contributed by atoms with Gasteiger partial charge in [-0.3, -0.25) is 9.59 Å². The first-order valence-electron chi connectivity index (χ1n) is 8.26. The van der Waals surface area contributed by atoms with E-state index >= 15 is 0 Å². The summed E-state index contributed by atoms with van der Waals surface area (Å²) in [6, 6.07) is 8.90. The number of esters is 1. The van der Waals surface area contributed by atoms with E-state index in [-0.39, 0.29) is 36.1 Å². The van der Waals surface area contributed by atoms with Gasteiger partial charge in [0.2, 0.25) is 0 Å². The van der Waals surface area contributed by atoms with Gasteiger partial charge in [-0.25, -0.2) is 0 Å². The number of Topliss-reactive ketones (excluding diaryl/α,β-unsaturated/α-hetero) is 1. The maximum Gasteiger partial charge on any atom is 0.306 e. The molecule has 0 aromatic heterocycles. The Morgan fingerprint density at radius 1 is 1.22 bits per heavy atom. The van der Waals surface area contributed by atoms with Crippen molar-refractivity contribution in [2.45, 2.75) is 59.6 Å². The van der Waals surface area contributed by atoms with Crippen LogP contribution in [0.2, 0.25) is 0 Å². The molecule has 0 fully saturated rings. The minimum Gasteiger partial charge on any atom is -0.461 e. The SMILES string of the molecule is CCC(C)(C)C(C)C(=O)[C@H](N)CCC(=O)OCc1ccccc1. The fraction of sp³-hybridized carbons (Fsp3) is 0.579. The highest BCUT2D eigenvalue weighted by Crippen LogP contribution is 2.31. The van der Waals surface area contributed by atoms with Crippen LogP contribution in [0.25, 0.3) is 0 Å². The Labute approximate surface area is 139 Å². The molecule has 0 saturated heterocycles. The molecule has 1 aromatic rings. The molecular weight excluding hydrogens is 290 g/mol. The highest BCUT2D eigenvalue weighted by atomic mass is 16.5. The first kappa shape index (κ1) is 19.4. The summed E-state index contributed by atoms with van der Waals surface area (Å²) < 4.78 is 5.20. The second-order valence-electron chi connectivity index (χ2n) is 6.76. The van der Waals surface area contributed by atoms with Crippen LogP contribution in [0.1, 0.15) is 52.5 Å². The average Bonchev–Trinajstić information content (AvgIpc) is 2.57. The third-order valence-corrected chi connectivity index (χ3v) is 4.78. The van der Waals surface area contributed by atoms with E-state index in [0.717, 1.165) is 12.0 Å². The molecule has 0 spiro atoms. The third-order valence-electron chi connectivity index (χ3n) is 4.78. The minimum atomic E-state index is -0.611. The lowest BCUT2D eigenvalue weighted by Crippen LogP contribution is -2.40. The van der Waals surface area contributed by atoms with Crippen molar-refractivity contribution in [2.75, 3.05) is 0 Å². The largest absolute Gasteiger partial charge is 0.461 e. The van der Waals surface area contributed by atoms with Crippen molar-refractivity contribution in [3.05, 3.63) is 35.9 Å². The van der Waals surface area contributed by atoms with Crippen LogP contribution in [-0.2, 0) is 20.9 Å².